The van der Waals surface area contributed by atoms with Crippen molar-refractivity contribution in [1.29, 1.82) is 0 Å². The van der Waals surface area contributed by atoms with E-state index in [1.54, 1.807) is 45.0 Å². The average molecular weight is 386 g/mol. The van der Waals surface area contributed by atoms with Crippen LogP contribution in [0.15, 0.2) is 47.8 Å². The van der Waals surface area contributed by atoms with Crippen LogP contribution in [0.1, 0.15) is 31.9 Å². The monoisotopic (exact) mass is 386 g/mol. The van der Waals surface area contributed by atoms with Crippen LogP contribution in [0.4, 0.5) is 9.59 Å². The van der Waals surface area contributed by atoms with Gasteiger partial charge in [-0.25, -0.2) is 4.79 Å². The lowest BCUT2D eigenvalue weighted by Crippen LogP contribution is -2.31. The molecule has 1 N–H and O–H groups in total. The molecule has 140 valence electrons. The number of hydrogen-bond donors (Lipinski definition) is 1. The first kappa shape index (κ1) is 18.8. The van der Waals surface area contributed by atoms with Gasteiger partial charge in [-0.3, -0.25) is 19.8 Å². The van der Waals surface area contributed by atoms with Crippen LogP contribution in [0.2, 0.25) is 0 Å². The van der Waals surface area contributed by atoms with Crippen molar-refractivity contribution >= 4 is 40.8 Å². The second-order valence-electron chi connectivity index (χ2n) is 6.72. The number of rotatable bonds is 2. The summed E-state index contributed by atoms with van der Waals surface area (Å²) in [6.45, 7) is 5.35. The fourth-order valence-corrected chi connectivity index (χ4v) is 3.01. The van der Waals surface area contributed by atoms with Crippen molar-refractivity contribution in [2.24, 2.45) is 0 Å². The molecule has 0 aliphatic carbocycles. The standard InChI is InChI=1S/C19H18N2O5S/c1-19(2,3)26-18(24)21-8-9-25-14(11-21)13-7-5-4-6-12(13)10-15-16(22)20-17(23)27-15/h4-11H,1-3H3,(H,20,22,23). The van der Waals surface area contributed by atoms with Crippen molar-refractivity contribution in [2.75, 3.05) is 0 Å². The molecule has 1 aromatic rings. The lowest BCUT2D eigenvalue weighted by atomic mass is 10.1. The summed E-state index contributed by atoms with van der Waals surface area (Å²) in [4.78, 5) is 37.0. The summed E-state index contributed by atoms with van der Waals surface area (Å²) in [5, 5.41) is 1.81. The number of benzene rings is 1. The van der Waals surface area contributed by atoms with Crippen LogP contribution in [-0.2, 0) is 14.3 Å². The molecular weight excluding hydrogens is 368 g/mol. The minimum absolute atomic E-state index is 0.295. The van der Waals surface area contributed by atoms with E-state index in [-0.39, 0.29) is 0 Å². The van der Waals surface area contributed by atoms with Crippen molar-refractivity contribution in [3.8, 4) is 0 Å². The first-order chi connectivity index (χ1) is 12.7. The molecule has 7 nitrogen and oxygen atoms in total. The highest BCUT2D eigenvalue weighted by atomic mass is 32.2. The smallest absolute Gasteiger partial charge is 0.418 e. The van der Waals surface area contributed by atoms with E-state index in [9.17, 15) is 14.4 Å². The summed E-state index contributed by atoms with van der Waals surface area (Å²) >= 11 is 0.838. The highest BCUT2D eigenvalue weighted by molar-refractivity contribution is 8.18. The predicted molar refractivity (Wildman–Crippen MR) is 102 cm³/mol. The van der Waals surface area contributed by atoms with Crippen LogP contribution in [0.5, 0.6) is 0 Å². The number of nitrogens with zero attached hydrogens (tertiary/aromatic N) is 1. The molecule has 1 fully saturated rings. The molecule has 0 saturated carbocycles. The Labute approximate surface area is 160 Å². The topological polar surface area (TPSA) is 84.9 Å². The van der Waals surface area contributed by atoms with Gasteiger partial charge in [-0.1, -0.05) is 24.3 Å². The quantitative estimate of drug-likeness (QED) is 0.772. The minimum atomic E-state index is -0.626. The summed E-state index contributed by atoms with van der Waals surface area (Å²) in [7, 11) is 0. The van der Waals surface area contributed by atoms with Crippen LogP contribution in [0, 0.1) is 0 Å². The van der Waals surface area contributed by atoms with Crippen molar-refractivity contribution in [2.45, 2.75) is 26.4 Å². The molecule has 27 heavy (non-hydrogen) atoms. The number of amides is 3. The Bertz CT molecular complexity index is 896. The van der Waals surface area contributed by atoms with Gasteiger partial charge in [0, 0.05) is 5.56 Å². The number of carbonyl (C=O) groups excluding carboxylic acids is 3. The fourth-order valence-electron chi connectivity index (χ4n) is 2.34. The van der Waals surface area contributed by atoms with E-state index in [0.29, 0.717) is 21.8 Å². The first-order valence-electron chi connectivity index (χ1n) is 8.14. The highest BCUT2D eigenvalue weighted by Gasteiger charge is 2.26. The van der Waals surface area contributed by atoms with Crippen molar-refractivity contribution in [1.82, 2.24) is 10.2 Å². The van der Waals surface area contributed by atoms with E-state index >= 15 is 0 Å². The summed E-state index contributed by atoms with van der Waals surface area (Å²) in [6, 6.07) is 7.20. The van der Waals surface area contributed by atoms with Gasteiger partial charge in [0.25, 0.3) is 11.1 Å². The van der Waals surface area contributed by atoms with E-state index in [1.165, 1.54) is 23.6 Å². The first-order valence-corrected chi connectivity index (χ1v) is 8.95. The van der Waals surface area contributed by atoms with Gasteiger partial charge < -0.3 is 9.47 Å². The normalized spacial score (nSPS) is 18.3. The highest BCUT2D eigenvalue weighted by Crippen LogP contribution is 2.30. The molecule has 2 aliphatic heterocycles. The molecule has 3 rings (SSSR count). The zero-order valence-corrected chi connectivity index (χ0v) is 15.8. The van der Waals surface area contributed by atoms with E-state index in [0.717, 1.165) is 11.8 Å². The van der Waals surface area contributed by atoms with Crippen molar-refractivity contribution in [3.63, 3.8) is 0 Å². The zero-order chi connectivity index (χ0) is 19.6. The molecule has 2 heterocycles. The van der Waals surface area contributed by atoms with Crippen LogP contribution in [0.25, 0.3) is 11.8 Å². The number of imide groups is 1. The third-order valence-corrected chi connectivity index (χ3v) is 4.24. The fraction of sp³-hybridized carbons (Fsp3) is 0.211. The average Bonchev–Trinajstić information content (AvgIpc) is 2.91. The number of carbonyl (C=O) groups is 3. The maximum absolute atomic E-state index is 12.3. The molecule has 0 atom stereocenters. The Morgan fingerprint density at radius 1 is 1.26 bits per heavy atom. The summed E-state index contributed by atoms with van der Waals surface area (Å²) in [5.41, 5.74) is 0.713. The Morgan fingerprint density at radius 3 is 2.67 bits per heavy atom. The molecular formula is C19H18N2O5S. The third kappa shape index (κ3) is 4.59. The number of thioether (sulfide) groups is 1. The number of ether oxygens (including phenoxy) is 2. The molecule has 0 aromatic heterocycles. The van der Waals surface area contributed by atoms with E-state index in [2.05, 4.69) is 5.32 Å². The van der Waals surface area contributed by atoms with Crippen LogP contribution in [0.3, 0.4) is 0 Å². The molecule has 0 bridgehead atoms. The second-order valence-corrected chi connectivity index (χ2v) is 7.74. The largest absolute Gasteiger partial charge is 0.461 e. The Balaban J connectivity index is 1.91. The van der Waals surface area contributed by atoms with Crippen LogP contribution < -0.4 is 5.32 Å². The zero-order valence-electron chi connectivity index (χ0n) is 15.0. The Hall–Kier alpha value is -3.00. The Morgan fingerprint density at radius 2 is 2.00 bits per heavy atom. The van der Waals surface area contributed by atoms with Gasteiger partial charge in [-0.15, -0.1) is 0 Å². The van der Waals surface area contributed by atoms with Gasteiger partial charge in [0.1, 0.15) is 11.9 Å². The summed E-state index contributed by atoms with van der Waals surface area (Å²) in [6.07, 6.45) is 5.42. The Kier molecular flexibility index (Phi) is 5.09. The number of hydrogen-bond acceptors (Lipinski definition) is 6. The van der Waals surface area contributed by atoms with Gasteiger partial charge in [0.05, 0.1) is 17.3 Å². The van der Waals surface area contributed by atoms with Gasteiger partial charge in [0.15, 0.2) is 5.76 Å². The summed E-state index contributed by atoms with van der Waals surface area (Å²) < 4.78 is 10.9. The van der Waals surface area contributed by atoms with Crippen molar-refractivity contribution < 1.29 is 23.9 Å². The maximum atomic E-state index is 12.3. The van der Waals surface area contributed by atoms with Crippen molar-refractivity contribution in [3.05, 3.63) is 59.0 Å². The van der Waals surface area contributed by atoms with E-state index < -0.39 is 22.8 Å². The number of nitrogens with one attached hydrogen (secondary N) is 1. The molecule has 0 radical (unpaired) electrons. The molecule has 3 amide bonds. The molecule has 8 heteroatoms. The van der Waals surface area contributed by atoms with Gasteiger partial charge >= 0.3 is 6.09 Å². The predicted octanol–water partition coefficient (Wildman–Crippen LogP) is 4.05. The minimum Gasteiger partial charge on any atom is -0.461 e. The van der Waals surface area contributed by atoms with Gasteiger partial charge in [-0.2, -0.15) is 0 Å². The van der Waals surface area contributed by atoms with Crippen LogP contribution >= 0.6 is 11.8 Å². The summed E-state index contributed by atoms with van der Waals surface area (Å²) in [5.74, 6) is -0.0286. The van der Waals surface area contributed by atoms with E-state index in [1.807, 2.05) is 6.07 Å². The lowest BCUT2D eigenvalue weighted by Gasteiger charge is -2.25. The SMILES string of the molecule is CC(C)(C)OC(=O)N1C=COC(c2ccccc2C=C2SC(=O)NC2=O)=C1. The second kappa shape index (κ2) is 7.32. The maximum Gasteiger partial charge on any atom is 0.418 e. The van der Waals surface area contributed by atoms with Crippen LogP contribution in [-0.4, -0.2) is 27.7 Å². The molecule has 0 spiro atoms. The molecule has 1 saturated heterocycles. The molecule has 2 aliphatic rings. The molecule has 1 aromatic carbocycles. The van der Waals surface area contributed by atoms with Gasteiger partial charge in [0.2, 0.25) is 0 Å². The molecule has 0 unspecified atom stereocenters. The van der Waals surface area contributed by atoms with Gasteiger partial charge in [-0.05, 0) is 44.2 Å². The van der Waals surface area contributed by atoms with E-state index in [4.69, 9.17) is 9.47 Å². The lowest BCUT2D eigenvalue weighted by molar-refractivity contribution is -0.115. The third-order valence-electron chi connectivity index (χ3n) is 3.43.